The molecule has 0 amide bonds. The number of aryl methyl sites for hydroxylation is 1. The van der Waals surface area contributed by atoms with Crippen molar-refractivity contribution >= 4 is 28.2 Å². The van der Waals surface area contributed by atoms with Gasteiger partial charge >= 0.3 is 5.97 Å². The van der Waals surface area contributed by atoms with Gasteiger partial charge in [0.1, 0.15) is 0 Å². The lowest BCUT2D eigenvalue weighted by Gasteiger charge is -2.07. The summed E-state index contributed by atoms with van der Waals surface area (Å²) in [5.41, 5.74) is 1.44. The summed E-state index contributed by atoms with van der Waals surface area (Å²) in [5, 5.41) is 0. The molecule has 0 saturated heterocycles. The highest BCUT2D eigenvalue weighted by molar-refractivity contribution is 9.10. The summed E-state index contributed by atoms with van der Waals surface area (Å²) in [6.45, 7) is 3.79. The summed E-state index contributed by atoms with van der Waals surface area (Å²) in [6.07, 6.45) is 0.675. The molecule has 15 heavy (non-hydrogen) atoms. The Bertz CT molecular complexity index is 399. The van der Waals surface area contributed by atoms with Gasteiger partial charge in [-0.05, 0) is 31.5 Å². The number of halogens is 1. The third kappa shape index (κ3) is 2.65. The first kappa shape index (κ1) is 11.9. The van der Waals surface area contributed by atoms with Crippen LogP contribution in [0.5, 0.6) is 0 Å². The Hall–Kier alpha value is -1.16. The lowest BCUT2D eigenvalue weighted by molar-refractivity contribution is 0.0524. The molecule has 1 aromatic rings. The van der Waals surface area contributed by atoms with Crippen LogP contribution in [0.25, 0.3) is 0 Å². The molecule has 1 rings (SSSR count). The first-order chi connectivity index (χ1) is 7.10. The normalized spacial score (nSPS) is 9.80. The van der Waals surface area contributed by atoms with Crippen molar-refractivity contribution in [1.82, 2.24) is 0 Å². The molecule has 0 aromatic heterocycles. The van der Waals surface area contributed by atoms with Crippen LogP contribution in [-0.4, -0.2) is 18.9 Å². The van der Waals surface area contributed by atoms with Crippen molar-refractivity contribution in [2.24, 2.45) is 0 Å². The maximum absolute atomic E-state index is 11.5. The Labute approximate surface area is 96.6 Å². The van der Waals surface area contributed by atoms with E-state index in [1.165, 1.54) is 0 Å². The molecule has 0 heterocycles. The molecular weight excluding hydrogens is 260 g/mol. The lowest BCUT2D eigenvalue weighted by atomic mass is 10.0. The maximum Gasteiger partial charge on any atom is 0.338 e. The average molecular weight is 271 g/mol. The van der Waals surface area contributed by atoms with E-state index in [2.05, 4.69) is 15.9 Å². The van der Waals surface area contributed by atoms with Gasteiger partial charge in [0.15, 0.2) is 6.29 Å². The summed E-state index contributed by atoms with van der Waals surface area (Å²) >= 11 is 3.27. The zero-order valence-corrected chi connectivity index (χ0v) is 10.1. The highest BCUT2D eigenvalue weighted by Gasteiger charge is 2.14. The SMILES string of the molecule is CCOC(=O)c1cc(Br)cc(C)c1C=O. The van der Waals surface area contributed by atoms with Crippen LogP contribution < -0.4 is 0 Å². The average Bonchev–Trinajstić information content (AvgIpc) is 2.17. The maximum atomic E-state index is 11.5. The van der Waals surface area contributed by atoms with Gasteiger partial charge in [-0.1, -0.05) is 15.9 Å². The molecule has 0 aliphatic rings. The molecule has 1 aromatic carbocycles. The molecule has 0 atom stereocenters. The van der Waals surface area contributed by atoms with Crippen molar-refractivity contribution < 1.29 is 14.3 Å². The number of esters is 1. The monoisotopic (exact) mass is 270 g/mol. The van der Waals surface area contributed by atoms with Crippen molar-refractivity contribution in [2.75, 3.05) is 6.61 Å². The van der Waals surface area contributed by atoms with Crippen LogP contribution >= 0.6 is 15.9 Å². The third-order valence-electron chi connectivity index (χ3n) is 1.96. The van der Waals surface area contributed by atoms with E-state index in [1.807, 2.05) is 0 Å². The molecule has 0 unspecified atom stereocenters. The molecule has 0 aliphatic heterocycles. The second-order valence-electron chi connectivity index (χ2n) is 3.02. The fraction of sp³-hybridized carbons (Fsp3) is 0.273. The van der Waals surface area contributed by atoms with Gasteiger partial charge in [0, 0.05) is 10.0 Å². The molecule has 0 aliphatic carbocycles. The van der Waals surface area contributed by atoms with E-state index < -0.39 is 5.97 Å². The lowest BCUT2D eigenvalue weighted by Crippen LogP contribution is -2.09. The fourth-order valence-electron chi connectivity index (χ4n) is 1.29. The van der Waals surface area contributed by atoms with Crippen LogP contribution in [-0.2, 0) is 4.74 Å². The summed E-state index contributed by atoms with van der Waals surface area (Å²) in [6, 6.07) is 3.38. The number of carbonyl (C=O) groups is 2. The fourth-order valence-corrected chi connectivity index (χ4v) is 1.86. The molecule has 0 N–H and O–H groups in total. The molecule has 3 nitrogen and oxygen atoms in total. The summed E-state index contributed by atoms with van der Waals surface area (Å²) in [7, 11) is 0. The van der Waals surface area contributed by atoms with Crippen LogP contribution in [0.2, 0.25) is 0 Å². The number of benzene rings is 1. The molecule has 0 radical (unpaired) electrons. The van der Waals surface area contributed by atoms with Crippen LogP contribution in [0.15, 0.2) is 16.6 Å². The number of carbonyl (C=O) groups excluding carboxylic acids is 2. The standard InChI is InChI=1S/C11H11BrO3/c1-3-15-11(14)9-5-8(12)4-7(2)10(9)6-13/h4-6H,3H2,1-2H3. The van der Waals surface area contributed by atoms with Crippen LogP contribution in [0.4, 0.5) is 0 Å². The number of rotatable bonds is 3. The minimum absolute atomic E-state index is 0.294. The van der Waals surface area contributed by atoms with E-state index in [0.29, 0.717) is 24.0 Å². The quantitative estimate of drug-likeness (QED) is 0.627. The van der Waals surface area contributed by atoms with E-state index >= 15 is 0 Å². The van der Waals surface area contributed by atoms with Gasteiger partial charge in [0.2, 0.25) is 0 Å². The van der Waals surface area contributed by atoms with Gasteiger partial charge < -0.3 is 4.74 Å². The summed E-state index contributed by atoms with van der Waals surface area (Å²) < 4.78 is 5.62. The largest absolute Gasteiger partial charge is 0.462 e. The van der Waals surface area contributed by atoms with Crippen molar-refractivity contribution in [3.8, 4) is 0 Å². The second kappa shape index (κ2) is 5.07. The van der Waals surface area contributed by atoms with Crippen LogP contribution in [0, 0.1) is 6.92 Å². The first-order valence-electron chi connectivity index (χ1n) is 4.52. The van der Waals surface area contributed by atoms with Crippen LogP contribution in [0.3, 0.4) is 0 Å². The summed E-state index contributed by atoms with van der Waals surface area (Å²) in [5.74, 6) is -0.469. The Morgan fingerprint density at radius 1 is 1.53 bits per heavy atom. The first-order valence-corrected chi connectivity index (χ1v) is 5.32. The highest BCUT2D eigenvalue weighted by Crippen LogP contribution is 2.20. The van der Waals surface area contributed by atoms with E-state index in [-0.39, 0.29) is 0 Å². The third-order valence-corrected chi connectivity index (χ3v) is 2.42. The molecule has 0 fully saturated rings. The van der Waals surface area contributed by atoms with Crippen molar-refractivity contribution in [3.63, 3.8) is 0 Å². The Morgan fingerprint density at radius 3 is 2.73 bits per heavy atom. The number of aldehydes is 1. The predicted molar refractivity (Wildman–Crippen MR) is 60.2 cm³/mol. The second-order valence-corrected chi connectivity index (χ2v) is 3.94. The van der Waals surface area contributed by atoms with Gasteiger partial charge in [0.05, 0.1) is 12.2 Å². The van der Waals surface area contributed by atoms with Crippen molar-refractivity contribution in [2.45, 2.75) is 13.8 Å². The predicted octanol–water partition coefficient (Wildman–Crippen LogP) is 2.75. The van der Waals surface area contributed by atoms with E-state index in [9.17, 15) is 9.59 Å². The van der Waals surface area contributed by atoms with Crippen molar-refractivity contribution in [3.05, 3.63) is 33.3 Å². The molecule has 4 heteroatoms. The summed E-state index contributed by atoms with van der Waals surface area (Å²) in [4.78, 5) is 22.4. The van der Waals surface area contributed by atoms with Gasteiger partial charge in [0.25, 0.3) is 0 Å². The minimum atomic E-state index is -0.469. The topological polar surface area (TPSA) is 43.4 Å². The molecular formula is C11H11BrO3. The molecule has 0 spiro atoms. The van der Waals surface area contributed by atoms with Gasteiger partial charge in [-0.15, -0.1) is 0 Å². The smallest absolute Gasteiger partial charge is 0.338 e. The molecule has 0 saturated carbocycles. The Kier molecular flexibility index (Phi) is 4.03. The van der Waals surface area contributed by atoms with E-state index in [4.69, 9.17) is 4.74 Å². The zero-order chi connectivity index (χ0) is 11.4. The van der Waals surface area contributed by atoms with Gasteiger partial charge in [-0.3, -0.25) is 4.79 Å². The number of ether oxygens (including phenoxy) is 1. The Morgan fingerprint density at radius 2 is 2.20 bits per heavy atom. The molecule has 0 bridgehead atoms. The zero-order valence-electron chi connectivity index (χ0n) is 8.54. The Balaban J connectivity index is 3.26. The van der Waals surface area contributed by atoms with Crippen molar-refractivity contribution in [1.29, 1.82) is 0 Å². The molecule has 80 valence electrons. The highest BCUT2D eigenvalue weighted by atomic mass is 79.9. The van der Waals surface area contributed by atoms with Gasteiger partial charge in [-0.25, -0.2) is 4.79 Å². The van der Waals surface area contributed by atoms with Crippen LogP contribution in [0.1, 0.15) is 33.2 Å². The van der Waals surface area contributed by atoms with E-state index in [0.717, 1.165) is 10.0 Å². The van der Waals surface area contributed by atoms with Gasteiger partial charge in [-0.2, -0.15) is 0 Å². The number of hydrogen-bond acceptors (Lipinski definition) is 3. The number of hydrogen-bond donors (Lipinski definition) is 0. The minimum Gasteiger partial charge on any atom is -0.462 e. The van der Waals surface area contributed by atoms with E-state index in [1.54, 1.807) is 26.0 Å².